The van der Waals surface area contributed by atoms with Crippen molar-refractivity contribution < 1.29 is 9.53 Å². The molecule has 0 saturated heterocycles. The zero-order valence-electron chi connectivity index (χ0n) is 16.0. The number of rotatable bonds is 4. The molecule has 1 amide bonds. The Morgan fingerprint density at radius 1 is 1.13 bits per heavy atom. The summed E-state index contributed by atoms with van der Waals surface area (Å²) < 4.78 is 8.89. The third-order valence-corrected chi connectivity index (χ3v) is 7.27. The first-order valence-electron chi connectivity index (χ1n) is 9.03. The maximum absolute atomic E-state index is 13.0. The van der Waals surface area contributed by atoms with Crippen molar-refractivity contribution in [1.82, 2.24) is 14.8 Å². The number of nitrogens with zero attached hydrogens (tertiary/aromatic N) is 3. The Kier molecular flexibility index (Phi) is 4.69. The maximum Gasteiger partial charge on any atom is 0.268 e. The second-order valence-electron chi connectivity index (χ2n) is 6.61. The summed E-state index contributed by atoms with van der Waals surface area (Å²) in [6.07, 6.45) is 0. The van der Waals surface area contributed by atoms with Gasteiger partial charge in [-0.1, -0.05) is 41.1 Å². The Hall–Kier alpha value is -2.94. The van der Waals surface area contributed by atoms with Crippen LogP contribution in [-0.2, 0) is 0 Å². The number of carbonyl (C=O) groups is 1. The quantitative estimate of drug-likeness (QED) is 0.366. The molecular weight excluding hydrogens is 440 g/mol. The van der Waals surface area contributed by atoms with Gasteiger partial charge in [0, 0.05) is 22.2 Å². The Bertz CT molecular complexity index is 1420. The molecular formula is C21H15ClN4O2S2. The molecule has 0 spiro atoms. The highest BCUT2D eigenvalue weighted by Gasteiger charge is 2.20. The van der Waals surface area contributed by atoms with Gasteiger partial charge in [-0.3, -0.25) is 4.79 Å². The zero-order chi connectivity index (χ0) is 20.8. The summed E-state index contributed by atoms with van der Waals surface area (Å²) in [5.41, 5.74) is 1.58. The summed E-state index contributed by atoms with van der Waals surface area (Å²) in [7, 11) is 1.62. The maximum atomic E-state index is 13.0. The first-order valence-corrected chi connectivity index (χ1v) is 11.0. The Balaban J connectivity index is 1.52. The van der Waals surface area contributed by atoms with Crippen molar-refractivity contribution >= 4 is 66.3 Å². The van der Waals surface area contributed by atoms with E-state index in [9.17, 15) is 4.79 Å². The van der Waals surface area contributed by atoms with Crippen LogP contribution in [0.15, 0.2) is 48.5 Å². The lowest BCUT2D eigenvalue weighted by atomic mass is 10.2. The van der Waals surface area contributed by atoms with Crippen LogP contribution in [0.5, 0.6) is 5.75 Å². The molecule has 2 aromatic carbocycles. The summed E-state index contributed by atoms with van der Waals surface area (Å²) in [6, 6.07) is 15.2. The van der Waals surface area contributed by atoms with E-state index in [1.807, 2.05) is 55.5 Å². The van der Waals surface area contributed by atoms with Crippen LogP contribution in [0.3, 0.4) is 0 Å². The molecule has 0 radical (unpaired) electrons. The van der Waals surface area contributed by atoms with Crippen LogP contribution in [0.25, 0.3) is 25.4 Å². The summed E-state index contributed by atoms with van der Waals surface area (Å²) in [5.74, 6) is 1.01. The normalized spacial score (nSPS) is 11.3. The molecule has 5 rings (SSSR count). The number of halogens is 1. The second kappa shape index (κ2) is 7.39. The average molecular weight is 455 g/mol. The van der Waals surface area contributed by atoms with Crippen LogP contribution in [0.2, 0.25) is 5.02 Å². The van der Waals surface area contributed by atoms with Gasteiger partial charge in [-0.2, -0.15) is 9.78 Å². The molecule has 150 valence electrons. The molecule has 1 N–H and O–H groups in total. The highest BCUT2D eigenvalue weighted by atomic mass is 35.5. The molecule has 0 atom stereocenters. The highest BCUT2D eigenvalue weighted by Crippen LogP contribution is 2.36. The van der Waals surface area contributed by atoms with E-state index in [2.05, 4.69) is 15.4 Å². The molecule has 0 fully saturated rings. The van der Waals surface area contributed by atoms with E-state index in [1.54, 1.807) is 11.8 Å². The predicted octanol–water partition coefficient (Wildman–Crippen LogP) is 5.92. The lowest BCUT2D eigenvalue weighted by Crippen LogP contribution is -2.14. The van der Waals surface area contributed by atoms with Crippen LogP contribution < -0.4 is 10.1 Å². The number of amides is 1. The van der Waals surface area contributed by atoms with Crippen molar-refractivity contribution in [2.24, 2.45) is 0 Å². The van der Waals surface area contributed by atoms with E-state index in [1.165, 1.54) is 22.7 Å². The van der Waals surface area contributed by atoms with Gasteiger partial charge < -0.3 is 10.1 Å². The lowest BCUT2D eigenvalue weighted by molar-refractivity contribution is 0.103. The molecule has 0 aliphatic rings. The smallest absolute Gasteiger partial charge is 0.268 e. The number of nitrogens with one attached hydrogen (secondary N) is 1. The van der Waals surface area contributed by atoms with Crippen molar-refractivity contribution in [3.8, 4) is 10.9 Å². The van der Waals surface area contributed by atoms with Crippen LogP contribution in [0.1, 0.15) is 15.4 Å². The van der Waals surface area contributed by atoms with Crippen molar-refractivity contribution in [3.63, 3.8) is 0 Å². The highest BCUT2D eigenvalue weighted by molar-refractivity contribution is 7.21. The van der Waals surface area contributed by atoms with Crippen molar-refractivity contribution in [2.45, 2.75) is 6.92 Å². The van der Waals surface area contributed by atoms with Gasteiger partial charge in [0.2, 0.25) is 5.13 Å². The van der Waals surface area contributed by atoms with Gasteiger partial charge in [-0.25, -0.2) is 4.98 Å². The average Bonchev–Trinajstić information content (AvgIpc) is 3.42. The SMILES string of the molecule is COc1ccc2sc(-n3nc(C)cc3NC(=O)c3sc4ccccc4c3Cl)nc2c1. The van der Waals surface area contributed by atoms with Gasteiger partial charge in [0.15, 0.2) is 0 Å². The largest absolute Gasteiger partial charge is 0.497 e. The fourth-order valence-corrected chi connectivity index (χ4v) is 5.50. The molecule has 3 aromatic heterocycles. The minimum absolute atomic E-state index is 0.273. The van der Waals surface area contributed by atoms with E-state index in [0.717, 1.165) is 31.7 Å². The number of carbonyl (C=O) groups excluding carboxylic acids is 1. The molecule has 0 unspecified atom stereocenters. The number of aryl methyl sites for hydroxylation is 1. The summed E-state index contributed by atoms with van der Waals surface area (Å²) in [4.78, 5) is 18.1. The fraction of sp³-hybridized carbons (Fsp3) is 0.0952. The minimum Gasteiger partial charge on any atom is -0.497 e. The molecule has 5 aromatic rings. The van der Waals surface area contributed by atoms with Crippen LogP contribution >= 0.6 is 34.3 Å². The first kappa shape index (κ1) is 19.0. The molecule has 0 aliphatic heterocycles. The van der Waals surface area contributed by atoms with E-state index < -0.39 is 0 Å². The van der Waals surface area contributed by atoms with Gasteiger partial charge in [0.1, 0.15) is 16.4 Å². The zero-order valence-corrected chi connectivity index (χ0v) is 18.4. The number of fused-ring (bicyclic) bond motifs is 2. The minimum atomic E-state index is -0.273. The number of aromatic nitrogens is 3. The van der Waals surface area contributed by atoms with Gasteiger partial charge in [-0.15, -0.1) is 11.3 Å². The van der Waals surface area contributed by atoms with Gasteiger partial charge in [0.25, 0.3) is 5.91 Å². The Labute approximate surface area is 184 Å². The molecule has 3 heterocycles. The van der Waals surface area contributed by atoms with E-state index >= 15 is 0 Å². The Morgan fingerprint density at radius 2 is 1.97 bits per heavy atom. The number of methoxy groups -OCH3 is 1. The number of thiazole rings is 1. The molecule has 30 heavy (non-hydrogen) atoms. The lowest BCUT2D eigenvalue weighted by Gasteiger charge is -2.05. The third-order valence-electron chi connectivity index (χ3n) is 4.58. The second-order valence-corrected chi connectivity index (χ2v) is 9.05. The van der Waals surface area contributed by atoms with Crippen molar-refractivity contribution in [1.29, 1.82) is 0 Å². The molecule has 0 saturated carbocycles. The van der Waals surface area contributed by atoms with Gasteiger partial charge in [0.05, 0.1) is 28.0 Å². The number of benzene rings is 2. The number of ether oxygens (including phenoxy) is 1. The first-order chi connectivity index (χ1) is 14.5. The summed E-state index contributed by atoms with van der Waals surface area (Å²) in [5, 5.41) is 9.46. The number of hydrogen-bond acceptors (Lipinski definition) is 6. The number of hydrogen-bond donors (Lipinski definition) is 1. The van der Waals surface area contributed by atoms with E-state index in [0.29, 0.717) is 20.8 Å². The summed E-state index contributed by atoms with van der Waals surface area (Å²) >= 11 is 9.32. The molecule has 0 bridgehead atoms. The van der Waals surface area contributed by atoms with Crippen LogP contribution in [0, 0.1) is 6.92 Å². The topological polar surface area (TPSA) is 69.0 Å². The predicted molar refractivity (Wildman–Crippen MR) is 123 cm³/mol. The fourth-order valence-electron chi connectivity index (χ4n) is 3.18. The molecule has 0 aliphatic carbocycles. The monoisotopic (exact) mass is 454 g/mol. The summed E-state index contributed by atoms with van der Waals surface area (Å²) in [6.45, 7) is 1.87. The molecule has 9 heteroatoms. The molecule has 6 nitrogen and oxygen atoms in total. The Morgan fingerprint density at radius 3 is 2.77 bits per heavy atom. The van der Waals surface area contributed by atoms with E-state index in [4.69, 9.17) is 16.3 Å². The van der Waals surface area contributed by atoms with Gasteiger partial charge in [-0.05, 0) is 25.1 Å². The van der Waals surface area contributed by atoms with Crippen molar-refractivity contribution in [3.05, 3.63) is 64.1 Å². The number of thiophene rings is 1. The number of anilines is 1. The standard InChI is InChI=1S/C21H15ClN4O2S2/c1-11-9-17(24-20(27)19-18(22)13-5-3-4-6-15(13)29-19)26(25-11)21-23-14-10-12(28-2)7-8-16(14)30-21/h3-10H,1-2H3,(H,24,27). The van der Waals surface area contributed by atoms with Crippen molar-refractivity contribution in [2.75, 3.05) is 12.4 Å². The van der Waals surface area contributed by atoms with Crippen LogP contribution in [0.4, 0.5) is 5.82 Å². The van der Waals surface area contributed by atoms with E-state index in [-0.39, 0.29) is 5.91 Å². The van der Waals surface area contributed by atoms with Crippen LogP contribution in [-0.4, -0.2) is 27.8 Å². The third kappa shape index (κ3) is 3.23. The van der Waals surface area contributed by atoms with Gasteiger partial charge >= 0.3 is 0 Å².